The molecule has 0 unspecified atom stereocenters. The Labute approximate surface area is 132 Å². The molecule has 0 fully saturated rings. The van der Waals surface area contributed by atoms with Crippen molar-refractivity contribution in [2.24, 2.45) is 11.8 Å². The lowest BCUT2D eigenvalue weighted by molar-refractivity contribution is -0.140. The molecule has 2 atom stereocenters. The maximum atomic E-state index is 12.1. The Morgan fingerprint density at radius 1 is 1.05 bits per heavy atom. The zero-order valence-electron chi connectivity index (χ0n) is 13.6. The SMILES string of the molecule is CCCCOC(=O)C1=C[C@H]2C[C@@H]1CC=C2C(=O)OCCCC. The lowest BCUT2D eigenvalue weighted by Crippen LogP contribution is -2.19. The Balaban J connectivity index is 1.93. The van der Waals surface area contributed by atoms with Gasteiger partial charge in [-0.3, -0.25) is 0 Å². The summed E-state index contributed by atoms with van der Waals surface area (Å²) in [5, 5.41) is 0. The molecule has 2 aliphatic rings. The second-order valence-electron chi connectivity index (χ2n) is 6.04. The lowest BCUT2D eigenvalue weighted by Gasteiger charge is -2.20. The molecule has 22 heavy (non-hydrogen) atoms. The molecular formula is C18H26O4. The average molecular weight is 306 g/mol. The topological polar surface area (TPSA) is 52.6 Å². The molecular weight excluding hydrogens is 280 g/mol. The van der Waals surface area contributed by atoms with Gasteiger partial charge >= 0.3 is 11.9 Å². The van der Waals surface area contributed by atoms with E-state index in [9.17, 15) is 9.59 Å². The van der Waals surface area contributed by atoms with Crippen LogP contribution in [0.25, 0.3) is 0 Å². The zero-order valence-corrected chi connectivity index (χ0v) is 13.6. The Kier molecular flexibility index (Phi) is 6.22. The van der Waals surface area contributed by atoms with Gasteiger partial charge in [-0.15, -0.1) is 0 Å². The van der Waals surface area contributed by atoms with E-state index in [0.29, 0.717) is 18.8 Å². The van der Waals surface area contributed by atoms with Crippen LogP contribution in [-0.2, 0) is 19.1 Å². The van der Waals surface area contributed by atoms with Gasteiger partial charge in [-0.2, -0.15) is 0 Å². The van der Waals surface area contributed by atoms with E-state index in [0.717, 1.165) is 44.1 Å². The number of ether oxygens (including phenoxy) is 2. The van der Waals surface area contributed by atoms with E-state index in [-0.39, 0.29) is 23.8 Å². The standard InChI is InChI=1S/C18H26O4/c1-3-5-9-21-17(19)15-8-7-13-11-14(15)12-16(13)18(20)22-10-6-4-2/h8,12-14H,3-7,9-11H2,1-2H3/t13-,14+/m0/s1. The molecule has 4 nitrogen and oxygen atoms in total. The number of fused-ring (bicyclic) bond motifs is 2. The average Bonchev–Trinajstić information content (AvgIpc) is 2.84. The van der Waals surface area contributed by atoms with Crippen LogP contribution in [-0.4, -0.2) is 25.2 Å². The zero-order chi connectivity index (χ0) is 15.9. The van der Waals surface area contributed by atoms with Gasteiger partial charge in [-0.05, 0) is 31.6 Å². The molecule has 2 aliphatic carbocycles. The molecule has 0 heterocycles. The quantitative estimate of drug-likeness (QED) is 0.508. The number of rotatable bonds is 8. The molecule has 0 aliphatic heterocycles. The van der Waals surface area contributed by atoms with Crippen molar-refractivity contribution in [2.45, 2.75) is 52.4 Å². The third-order valence-electron chi connectivity index (χ3n) is 4.31. The van der Waals surface area contributed by atoms with E-state index in [1.807, 2.05) is 12.2 Å². The van der Waals surface area contributed by atoms with E-state index < -0.39 is 0 Å². The van der Waals surface area contributed by atoms with Gasteiger partial charge in [0, 0.05) is 17.1 Å². The summed E-state index contributed by atoms with van der Waals surface area (Å²) in [7, 11) is 0. The highest BCUT2D eigenvalue weighted by Gasteiger charge is 2.38. The number of carbonyl (C=O) groups excluding carboxylic acids is 2. The fraction of sp³-hybridized carbons (Fsp3) is 0.667. The van der Waals surface area contributed by atoms with E-state index in [1.165, 1.54) is 0 Å². The number of hydrogen-bond acceptors (Lipinski definition) is 4. The third-order valence-corrected chi connectivity index (χ3v) is 4.31. The monoisotopic (exact) mass is 306 g/mol. The van der Waals surface area contributed by atoms with Gasteiger partial charge < -0.3 is 9.47 Å². The molecule has 0 saturated carbocycles. The maximum Gasteiger partial charge on any atom is 0.334 e. The first-order valence-corrected chi connectivity index (χ1v) is 8.43. The minimum absolute atomic E-state index is 0.0154. The second kappa shape index (κ2) is 8.16. The van der Waals surface area contributed by atoms with Gasteiger partial charge in [0.1, 0.15) is 0 Å². The first-order chi connectivity index (χ1) is 10.7. The summed E-state index contributed by atoms with van der Waals surface area (Å²) in [5.41, 5.74) is 1.46. The molecule has 4 heteroatoms. The van der Waals surface area contributed by atoms with Crippen LogP contribution in [0.2, 0.25) is 0 Å². The highest BCUT2D eigenvalue weighted by Crippen LogP contribution is 2.42. The first kappa shape index (κ1) is 16.8. The van der Waals surface area contributed by atoms with Crippen molar-refractivity contribution in [3.05, 3.63) is 23.3 Å². The minimum Gasteiger partial charge on any atom is -0.462 e. The van der Waals surface area contributed by atoms with E-state index in [2.05, 4.69) is 13.8 Å². The number of hydrogen-bond donors (Lipinski definition) is 0. The second-order valence-corrected chi connectivity index (χ2v) is 6.04. The van der Waals surface area contributed by atoms with Gasteiger partial charge in [-0.25, -0.2) is 9.59 Å². The van der Waals surface area contributed by atoms with Crippen molar-refractivity contribution < 1.29 is 19.1 Å². The normalized spacial score (nSPS) is 22.8. The molecule has 0 radical (unpaired) electrons. The predicted octanol–water partition coefficient (Wildman–Crippen LogP) is 3.57. The van der Waals surface area contributed by atoms with Crippen molar-refractivity contribution in [2.75, 3.05) is 13.2 Å². The Bertz CT molecular complexity index is 475. The van der Waals surface area contributed by atoms with Gasteiger partial charge in [-0.1, -0.05) is 38.8 Å². The first-order valence-electron chi connectivity index (χ1n) is 8.43. The molecule has 0 spiro atoms. The lowest BCUT2D eigenvalue weighted by atomic mass is 9.86. The fourth-order valence-electron chi connectivity index (χ4n) is 2.97. The largest absolute Gasteiger partial charge is 0.462 e. The summed E-state index contributed by atoms with van der Waals surface area (Å²) < 4.78 is 10.6. The Morgan fingerprint density at radius 2 is 1.64 bits per heavy atom. The van der Waals surface area contributed by atoms with E-state index >= 15 is 0 Å². The van der Waals surface area contributed by atoms with Crippen molar-refractivity contribution in [1.29, 1.82) is 0 Å². The number of esters is 2. The van der Waals surface area contributed by atoms with Gasteiger partial charge in [0.15, 0.2) is 0 Å². The number of carbonyl (C=O) groups is 2. The van der Waals surface area contributed by atoms with Crippen LogP contribution >= 0.6 is 0 Å². The molecule has 2 rings (SSSR count). The van der Waals surface area contributed by atoms with Crippen LogP contribution in [0.15, 0.2) is 23.3 Å². The molecule has 0 aromatic carbocycles. The van der Waals surface area contributed by atoms with Gasteiger partial charge in [0.05, 0.1) is 13.2 Å². The molecule has 0 aromatic heterocycles. The molecule has 0 N–H and O–H groups in total. The molecule has 2 bridgehead atoms. The van der Waals surface area contributed by atoms with Crippen molar-refractivity contribution >= 4 is 11.9 Å². The van der Waals surface area contributed by atoms with Crippen LogP contribution < -0.4 is 0 Å². The van der Waals surface area contributed by atoms with E-state index in [1.54, 1.807) is 0 Å². The summed E-state index contributed by atoms with van der Waals surface area (Å²) >= 11 is 0. The molecule has 0 amide bonds. The van der Waals surface area contributed by atoms with Crippen LogP contribution in [0.1, 0.15) is 52.4 Å². The summed E-state index contributed by atoms with van der Waals surface area (Å²) in [4.78, 5) is 24.2. The predicted molar refractivity (Wildman–Crippen MR) is 84.1 cm³/mol. The van der Waals surface area contributed by atoms with Crippen molar-refractivity contribution in [1.82, 2.24) is 0 Å². The summed E-state index contributed by atoms with van der Waals surface area (Å²) in [6.07, 6.45) is 9.20. The molecule has 122 valence electrons. The maximum absolute atomic E-state index is 12.1. The smallest absolute Gasteiger partial charge is 0.334 e. The Morgan fingerprint density at radius 3 is 2.23 bits per heavy atom. The van der Waals surface area contributed by atoms with Gasteiger partial charge in [0.2, 0.25) is 0 Å². The number of unbranched alkanes of at least 4 members (excludes halogenated alkanes) is 2. The summed E-state index contributed by atoms with van der Waals surface area (Å²) in [6.45, 7) is 5.08. The van der Waals surface area contributed by atoms with Crippen molar-refractivity contribution in [3.8, 4) is 0 Å². The summed E-state index contributed by atoms with van der Waals surface area (Å²) in [5.74, 6) is -0.225. The highest BCUT2D eigenvalue weighted by atomic mass is 16.5. The highest BCUT2D eigenvalue weighted by molar-refractivity contribution is 5.94. The van der Waals surface area contributed by atoms with Crippen LogP contribution in [0.4, 0.5) is 0 Å². The van der Waals surface area contributed by atoms with E-state index in [4.69, 9.17) is 9.47 Å². The minimum atomic E-state index is -0.228. The molecule has 0 aromatic rings. The van der Waals surface area contributed by atoms with Crippen LogP contribution in [0.5, 0.6) is 0 Å². The third kappa shape index (κ3) is 3.99. The van der Waals surface area contributed by atoms with Gasteiger partial charge in [0.25, 0.3) is 0 Å². The van der Waals surface area contributed by atoms with Crippen molar-refractivity contribution in [3.63, 3.8) is 0 Å². The summed E-state index contributed by atoms with van der Waals surface area (Å²) in [6, 6.07) is 0. The van der Waals surface area contributed by atoms with Crippen LogP contribution in [0.3, 0.4) is 0 Å². The number of allylic oxidation sites excluding steroid dienone is 2. The Hall–Kier alpha value is -1.58. The fourth-order valence-corrected chi connectivity index (χ4v) is 2.97. The molecule has 0 saturated heterocycles. The van der Waals surface area contributed by atoms with Crippen LogP contribution in [0, 0.1) is 11.8 Å².